The minimum absolute atomic E-state index is 0.0397. The van der Waals surface area contributed by atoms with Crippen molar-refractivity contribution in [3.05, 3.63) is 0 Å². The van der Waals surface area contributed by atoms with Gasteiger partial charge in [-0.2, -0.15) is 11.8 Å². The van der Waals surface area contributed by atoms with Crippen molar-refractivity contribution in [2.24, 2.45) is 5.73 Å². The van der Waals surface area contributed by atoms with Crippen LogP contribution in [0, 0.1) is 0 Å². The molecule has 56 valence electrons. The van der Waals surface area contributed by atoms with E-state index in [2.05, 4.69) is 6.26 Å². The first kappa shape index (κ1) is 9.62. The molecule has 0 heterocycles. The van der Waals surface area contributed by atoms with E-state index >= 15 is 0 Å². The lowest BCUT2D eigenvalue weighted by Crippen LogP contribution is -2.26. The van der Waals surface area contributed by atoms with Crippen molar-refractivity contribution < 1.29 is 5.11 Å². The molecule has 4 heteroatoms. The molecule has 0 bridgehead atoms. The van der Waals surface area contributed by atoms with E-state index in [4.69, 9.17) is 10.8 Å². The summed E-state index contributed by atoms with van der Waals surface area (Å²) in [6, 6.07) is -0.0397. The van der Waals surface area contributed by atoms with Gasteiger partial charge >= 0.3 is 0 Å². The summed E-state index contributed by atoms with van der Waals surface area (Å²) in [6.07, 6.45) is 2.05. The Morgan fingerprint density at radius 1 is 1.67 bits per heavy atom. The molecule has 9 heavy (non-hydrogen) atoms. The van der Waals surface area contributed by atoms with Crippen LogP contribution in [0.4, 0.5) is 0 Å². The number of rotatable bonds is 5. The smallest absolute Gasteiger partial charge is 0.0590 e. The number of aliphatic hydroxyl groups excluding tert-OH is 1. The Balaban J connectivity index is 2.88. The fraction of sp³-hybridized carbons (Fsp3) is 1.00. The largest absolute Gasteiger partial charge is 0.395 e. The highest BCUT2D eigenvalue weighted by atomic mass is 32.2. The van der Waals surface area contributed by atoms with Gasteiger partial charge in [-0.1, -0.05) is 0 Å². The Morgan fingerprint density at radius 3 is 2.78 bits per heavy atom. The predicted molar refractivity (Wildman–Crippen MR) is 45.9 cm³/mol. The zero-order valence-corrected chi connectivity index (χ0v) is 7.17. The summed E-state index contributed by atoms with van der Waals surface area (Å²) in [5.41, 5.74) is 5.43. The molecule has 0 radical (unpaired) electrons. The first-order valence-electron chi connectivity index (χ1n) is 2.74. The van der Waals surface area contributed by atoms with Crippen LogP contribution < -0.4 is 5.73 Å². The molecule has 0 aliphatic carbocycles. The SMILES string of the molecule is CSCSCC(N)CO. The Hall–Kier alpha value is 0.620. The predicted octanol–water partition coefficient (Wildman–Crippen LogP) is 0.360. The van der Waals surface area contributed by atoms with Crippen molar-refractivity contribution in [1.82, 2.24) is 0 Å². The van der Waals surface area contributed by atoms with E-state index in [0.29, 0.717) is 0 Å². The van der Waals surface area contributed by atoms with Crippen molar-refractivity contribution >= 4 is 23.5 Å². The molecule has 2 nitrogen and oxygen atoms in total. The zero-order valence-electron chi connectivity index (χ0n) is 5.54. The molecule has 0 amide bonds. The fourth-order valence-corrected chi connectivity index (χ4v) is 1.80. The van der Waals surface area contributed by atoms with E-state index in [1.165, 1.54) is 0 Å². The first-order chi connectivity index (χ1) is 4.31. The summed E-state index contributed by atoms with van der Waals surface area (Å²) in [6.45, 7) is 0.0986. The maximum absolute atomic E-state index is 8.49. The molecule has 1 atom stereocenters. The van der Waals surface area contributed by atoms with Crippen LogP contribution in [0.1, 0.15) is 0 Å². The van der Waals surface area contributed by atoms with Crippen molar-refractivity contribution in [3.63, 3.8) is 0 Å². The number of hydrogen-bond donors (Lipinski definition) is 2. The van der Waals surface area contributed by atoms with Crippen LogP contribution >= 0.6 is 23.5 Å². The normalized spacial score (nSPS) is 13.7. The van der Waals surface area contributed by atoms with E-state index in [9.17, 15) is 0 Å². The molecule has 0 aromatic rings. The molecule has 0 saturated carbocycles. The summed E-state index contributed by atoms with van der Waals surface area (Å²) in [5, 5.41) is 9.55. The lowest BCUT2D eigenvalue weighted by Gasteiger charge is -2.04. The quantitative estimate of drug-likeness (QED) is 0.458. The number of nitrogens with two attached hydrogens (primary N) is 1. The average molecular weight is 167 g/mol. The Labute approximate surface area is 64.6 Å². The van der Waals surface area contributed by atoms with Crippen LogP contribution in [0.15, 0.2) is 0 Å². The van der Waals surface area contributed by atoms with E-state index in [1.54, 1.807) is 23.5 Å². The highest BCUT2D eigenvalue weighted by molar-refractivity contribution is 8.15. The minimum Gasteiger partial charge on any atom is -0.395 e. The van der Waals surface area contributed by atoms with E-state index in [1.807, 2.05) is 0 Å². The third kappa shape index (κ3) is 6.51. The van der Waals surface area contributed by atoms with Gasteiger partial charge in [0, 0.05) is 16.9 Å². The van der Waals surface area contributed by atoms with E-state index in [-0.39, 0.29) is 12.6 Å². The zero-order chi connectivity index (χ0) is 7.11. The lowest BCUT2D eigenvalue weighted by atomic mass is 10.4. The van der Waals surface area contributed by atoms with Gasteiger partial charge < -0.3 is 10.8 Å². The standard InChI is InChI=1S/C5H13NOS2/c1-8-4-9-3-5(6)2-7/h5,7H,2-4,6H2,1H3. The van der Waals surface area contributed by atoms with Crippen LogP contribution in [0.2, 0.25) is 0 Å². The van der Waals surface area contributed by atoms with Gasteiger partial charge in [-0.25, -0.2) is 0 Å². The van der Waals surface area contributed by atoms with Crippen LogP contribution in [0.3, 0.4) is 0 Å². The summed E-state index contributed by atoms with van der Waals surface area (Å²) < 4.78 is 0. The topological polar surface area (TPSA) is 46.2 Å². The molecule has 0 fully saturated rings. The Bertz CT molecular complexity index is 62.9. The summed E-state index contributed by atoms with van der Waals surface area (Å²) in [7, 11) is 0. The summed E-state index contributed by atoms with van der Waals surface area (Å²) in [4.78, 5) is 0. The number of thioether (sulfide) groups is 2. The van der Waals surface area contributed by atoms with Crippen molar-refractivity contribution in [2.75, 3.05) is 23.7 Å². The highest BCUT2D eigenvalue weighted by Crippen LogP contribution is 2.08. The highest BCUT2D eigenvalue weighted by Gasteiger charge is 1.97. The van der Waals surface area contributed by atoms with Gasteiger partial charge in [0.1, 0.15) is 0 Å². The number of hydrogen-bond acceptors (Lipinski definition) is 4. The number of aliphatic hydroxyl groups is 1. The molecule has 1 unspecified atom stereocenters. The Kier molecular flexibility index (Phi) is 7.20. The van der Waals surface area contributed by atoms with Gasteiger partial charge in [0.15, 0.2) is 0 Å². The van der Waals surface area contributed by atoms with Gasteiger partial charge in [-0.15, -0.1) is 11.8 Å². The second-order valence-electron chi connectivity index (χ2n) is 1.72. The molecule has 0 aromatic carbocycles. The van der Waals surface area contributed by atoms with E-state index < -0.39 is 0 Å². The molecule has 0 aliphatic rings. The van der Waals surface area contributed by atoms with Gasteiger partial charge in [-0.05, 0) is 6.26 Å². The summed E-state index contributed by atoms with van der Waals surface area (Å²) in [5.74, 6) is 0.858. The second-order valence-corrected chi connectivity index (χ2v) is 3.98. The average Bonchev–Trinajstić information content (AvgIpc) is 1.89. The van der Waals surface area contributed by atoms with Crippen LogP contribution in [0.25, 0.3) is 0 Å². The molecule has 0 saturated heterocycles. The van der Waals surface area contributed by atoms with Gasteiger partial charge in [-0.3, -0.25) is 0 Å². The molecule has 0 rings (SSSR count). The monoisotopic (exact) mass is 167 g/mol. The minimum atomic E-state index is -0.0397. The molecular formula is C5H13NOS2. The third-order valence-electron chi connectivity index (χ3n) is 0.768. The van der Waals surface area contributed by atoms with E-state index in [0.717, 1.165) is 10.8 Å². The van der Waals surface area contributed by atoms with Crippen LogP contribution in [0.5, 0.6) is 0 Å². The van der Waals surface area contributed by atoms with Crippen molar-refractivity contribution in [1.29, 1.82) is 0 Å². The molecular weight excluding hydrogens is 154 g/mol. The maximum Gasteiger partial charge on any atom is 0.0590 e. The summed E-state index contributed by atoms with van der Waals surface area (Å²) >= 11 is 3.54. The molecule has 0 aliphatic heterocycles. The Morgan fingerprint density at radius 2 is 2.33 bits per heavy atom. The van der Waals surface area contributed by atoms with Crippen molar-refractivity contribution in [2.45, 2.75) is 6.04 Å². The van der Waals surface area contributed by atoms with Crippen LogP contribution in [-0.2, 0) is 0 Å². The van der Waals surface area contributed by atoms with Gasteiger partial charge in [0.25, 0.3) is 0 Å². The van der Waals surface area contributed by atoms with Gasteiger partial charge in [0.05, 0.1) is 6.61 Å². The molecule has 0 spiro atoms. The lowest BCUT2D eigenvalue weighted by molar-refractivity contribution is 0.275. The van der Waals surface area contributed by atoms with Crippen LogP contribution in [-0.4, -0.2) is 34.8 Å². The second kappa shape index (κ2) is 6.74. The molecule has 0 aromatic heterocycles. The fourth-order valence-electron chi connectivity index (χ4n) is 0.336. The first-order valence-corrected chi connectivity index (χ1v) is 5.29. The maximum atomic E-state index is 8.49. The van der Waals surface area contributed by atoms with Gasteiger partial charge in [0.2, 0.25) is 0 Å². The van der Waals surface area contributed by atoms with Crippen molar-refractivity contribution in [3.8, 4) is 0 Å². The molecule has 3 N–H and O–H groups in total. The third-order valence-corrected chi connectivity index (χ3v) is 3.04.